The highest BCUT2D eigenvalue weighted by molar-refractivity contribution is 7.84. The Kier molecular flexibility index (Phi) is 3.33. The largest absolute Gasteiger partial charge is 0.478 e. The maximum atomic E-state index is 11.9. The molecule has 1 aliphatic rings. The first-order chi connectivity index (χ1) is 8.06. The Hall–Kier alpha value is -1.16. The van der Waals surface area contributed by atoms with E-state index in [4.69, 9.17) is 5.11 Å². The zero-order valence-corrected chi connectivity index (χ0v) is 10.8. The molecule has 4 heteroatoms. The Morgan fingerprint density at radius 1 is 1.47 bits per heavy atom. The van der Waals surface area contributed by atoms with E-state index in [2.05, 4.69) is 0 Å². The number of carboxylic acid groups (broad SMARTS) is 1. The van der Waals surface area contributed by atoms with Gasteiger partial charge in [-0.15, -0.1) is 0 Å². The molecular weight excluding hydrogens is 236 g/mol. The van der Waals surface area contributed by atoms with Crippen LogP contribution in [0.3, 0.4) is 0 Å². The summed E-state index contributed by atoms with van der Waals surface area (Å²) in [6.07, 6.45) is 4.49. The molecule has 0 aromatic heterocycles. The van der Waals surface area contributed by atoms with Crippen LogP contribution in [0.1, 0.15) is 47.2 Å². The molecule has 0 saturated heterocycles. The van der Waals surface area contributed by atoms with Crippen molar-refractivity contribution in [3.63, 3.8) is 0 Å². The van der Waals surface area contributed by atoms with E-state index < -0.39 is 16.8 Å². The van der Waals surface area contributed by atoms with Crippen LogP contribution in [0.15, 0.2) is 17.0 Å². The molecule has 1 N–H and O–H groups in total. The number of hydrogen-bond donors (Lipinski definition) is 1. The molecule has 1 saturated carbocycles. The molecule has 0 unspecified atom stereocenters. The summed E-state index contributed by atoms with van der Waals surface area (Å²) in [6, 6.07) is 3.50. The molecule has 1 atom stereocenters. The monoisotopic (exact) mass is 252 g/mol. The van der Waals surface area contributed by atoms with Gasteiger partial charge in [-0.05, 0) is 42.4 Å². The number of aromatic carboxylic acids is 1. The zero-order chi connectivity index (χ0) is 12.6. The van der Waals surface area contributed by atoms with Gasteiger partial charge in [-0.2, -0.15) is 0 Å². The first-order valence-corrected chi connectivity index (χ1v) is 7.34. The Labute approximate surface area is 103 Å². The van der Waals surface area contributed by atoms with Gasteiger partial charge in [-0.3, -0.25) is 4.21 Å². The molecule has 1 aliphatic carbocycles. The summed E-state index contributed by atoms with van der Waals surface area (Å²) in [5.41, 5.74) is 2.12. The van der Waals surface area contributed by atoms with Crippen molar-refractivity contribution < 1.29 is 14.1 Å². The minimum Gasteiger partial charge on any atom is -0.478 e. The van der Waals surface area contributed by atoms with Crippen LogP contribution in [-0.4, -0.2) is 21.5 Å². The number of benzene rings is 1. The predicted octanol–water partition coefficient (Wildman–Crippen LogP) is 2.56. The van der Waals surface area contributed by atoms with E-state index in [1.807, 2.05) is 13.0 Å². The molecule has 3 nitrogen and oxygen atoms in total. The van der Waals surface area contributed by atoms with Gasteiger partial charge in [0.2, 0.25) is 0 Å². The van der Waals surface area contributed by atoms with Crippen LogP contribution in [0.2, 0.25) is 0 Å². The molecule has 0 aliphatic heterocycles. The van der Waals surface area contributed by atoms with Crippen LogP contribution in [0, 0.1) is 0 Å². The maximum Gasteiger partial charge on any atom is 0.336 e. The molecular formula is C13H16O3S. The van der Waals surface area contributed by atoms with Gasteiger partial charge >= 0.3 is 5.97 Å². The van der Waals surface area contributed by atoms with E-state index >= 15 is 0 Å². The average Bonchev–Trinajstić information content (AvgIpc) is 3.10. The van der Waals surface area contributed by atoms with E-state index in [-0.39, 0.29) is 0 Å². The minimum atomic E-state index is -1.12. The SMILES string of the molecule is CCc1c(C(=O)O)ccc(C2CC2)c1[S@](C)=O. The van der Waals surface area contributed by atoms with Gasteiger partial charge in [0.1, 0.15) is 0 Å². The van der Waals surface area contributed by atoms with Crippen molar-refractivity contribution in [2.24, 2.45) is 0 Å². The lowest BCUT2D eigenvalue weighted by atomic mass is 9.99. The fraction of sp³-hybridized carbons (Fsp3) is 0.462. The lowest BCUT2D eigenvalue weighted by Gasteiger charge is -2.14. The molecule has 0 bridgehead atoms. The summed E-state index contributed by atoms with van der Waals surface area (Å²) in [4.78, 5) is 11.9. The summed E-state index contributed by atoms with van der Waals surface area (Å²) in [5, 5.41) is 9.15. The van der Waals surface area contributed by atoms with E-state index in [0.29, 0.717) is 17.9 Å². The van der Waals surface area contributed by atoms with Gasteiger partial charge in [0.05, 0.1) is 16.4 Å². The van der Waals surface area contributed by atoms with Crippen molar-refractivity contribution in [3.05, 3.63) is 28.8 Å². The molecule has 0 amide bonds. The lowest BCUT2D eigenvalue weighted by molar-refractivity contribution is 0.0695. The van der Waals surface area contributed by atoms with Crippen molar-refractivity contribution in [1.82, 2.24) is 0 Å². The normalized spacial score (nSPS) is 16.8. The highest BCUT2D eigenvalue weighted by Gasteiger charge is 2.29. The van der Waals surface area contributed by atoms with E-state index in [1.165, 1.54) is 0 Å². The van der Waals surface area contributed by atoms with Crippen molar-refractivity contribution in [3.8, 4) is 0 Å². The second-order valence-electron chi connectivity index (χ2n) is 4.40. The van der Waals surface area contributed by atoms with Crippen LogP contribution >= 0.6 is 0 Å². The van der Waals surface area contributed by atoms with Gasteiger partial charge in [-0.1, -0.05) is 13.0 Å². The van der Waals surface area contributed by atoms with E-state index in [1.54, 1.807) is 12.3 Å². The Bertz CT molecular complexity index is 490. The molecule has 0 heterocycles. The third kappa shape index (κ3) is 2.27. The summed E-state index contributed by atoms with van der Waals surface area (Å²) in [5.74, 6) is -0.446. The predicted molar refractivity (Wildman–Crippen MR) is 67.1 cm³/mol. The van der Waals surface area contributed by atoms with E-state index in [9.17, 15) is 9.00 Å². The molecule has 0 spiro atoms. The summed E-state index contributed by atoms with van der Waals surface area (Å²) in [7, 11) is -1.12. The number of rotatable bonds is 4. The molecule has 1 aromatic carbocycles. The first-order valence-electron chi connectivity index (χ1n) is 5.78. The average molecular weight is 252 g/mol. The molecule has 92 valence electrons. The standard InChI is InChI=1S/C13H16O3S/c1-3-9-11(13(14)15)7-6-10(8-4-5-8)12(9)17(2)16/h6-8H,3-5H2,1-2H3,(H,14,15)/t17-/m0/s1. The molecule has 17 heavy (non-hydrogen) atoms. The Morgan fingerprint density at radius 2 is 2.12 bits per heavy atom. The van der Waals surface area contributed by atoms with Crippen molar-refractivity contribution in [2.75, 3.05) is 6.26 Å². The van der Waals surface area contributed by atoms with Crippen LogP contribution < -0.4 is 0 Å². The highest BCUT2D eigenvalue weighted by Crippen LogP contribution is 2.43. The lowest BCUT2D eigenvalue weighted by Crippen LogP contribution is -2.08. The van der Waals surface area contributed by atoms with Gasteiger partial charge in [0.15, 0.2) is 0 Å². The molecule has 0 radical (unpaired) electrons. The maximum absolute atomic E-state index is 11.9. The first kappa shape index (κ1) is 12.3. The third-order valence-corrected chi connectivity index (χ3v) is 4.24. The minimum absolute atomic E-state index is 0.294. The number of hydrogen-bond acceptors (Lipinski definition) is 2. The summed E-state index contributed by atoms with van der Waals surface area (Å²) in [6.45, 7) is 1.91. The van der Waals surface area contributed by atoms with Gasteiger partial charge in [0, 0.05) is 11.2 Å². The second-order valence-corrected chi connectivity index (χ2v) is 5.71. The fourth-order valence-corrected chi connectivity index (χ4v) is 3.42. The summed E-state index contributed by atoms with van der Waals surface area (Å²) < 4.78 is 11.9. The van der Waals surface area contributed by atoms with Crippen LogP contribution in [-0.2, 0) is 17.2 Å². The highest BCUT2D eigenvalue weighted by atomic mass is 32.2. The van der Waals surface area contributed by atoms with Crippen LogP contribution in [0.5, 0.6) is 0 Å². The zero-order valence-electron chi connectivity index (χ0n) is 10.0. The Balaban J connectivity index is 2.65. The number of carbonyl (C=O) groups is 1. The Morgan fingerprint density at radius 3 is 2.53 bits per heavy atom. The number of carboxylic acids is 1. The smallest absolute Gasteiger partial charge is 0.336 e. The van der Waals surface area contributed by atoms with Crippen LogP contribution in [0.4, 0.5) is 0 Å². The van der Waals surface area contributed by atoms with Crippen LogP contribution in [0.25, 0.3) is 0 Å². The third-order valence-electron chi connectivity index (χ3n) is 3.18. The molecule has 1 aromatic rings. The molecule has 2 rings (SSSR count). The molecule has 1 fully saturated rings. The van der Waals surface area contributed by atoms with Gasteiger partial charge < -0.3 is 5.11 Å². The fourth-order valence-electron chi connectivity index (χ4n) is 2.25. The van der Waals surface area contributed by atoms with E-state index in [0.717, 1.165) is 28.9 Å². The van der Waals surface area contributed by atoms with Crippen molar-refractivity contribution in [1.29, 1.82) is 0 Å². The summed E-state index contributed by atoms with van der Waals surface area (Å²) >= 11 is 0. The van der Waals surface area contributed by atoms with Crippen molar-refractivity contribution in [2.45, 2.75) is 37.0 Å². The van der Waals surface area contributed by atoms with Gasteiger partial charge in [0.25, 0.3) is 0 Å². The van der Waals surface area contributed by atoms with Gasteiger partial charge in [-0.25, -0.2) is 4.79 Å². The quantitative estimate of drug-likeness (QED) is 0.896. The topological polar surface area (TPSA) is 54.4 Å². The second kappa shape index (κ2) is 4.61. The van der Waals surface area contributed by atoms with Crippen molar-refractivity contribution >= 4 is 16.8 Å².